The maximum atomic E-state index is 12.7. The number of nitrogens with zero attached hydrogens (tertiary/aromatic N) is 3. The molecule has 0 aliphatic carbocycles. The topological polar surface area (TPSA) is 82.6 Å². The maximum Gasteiger partial charge on any atom is 0.417 e. The fourth-order valence-corrected chi connectivity index (χ4v) is 4.67. The van der Waals surface area contributed by atoms with E-state index in [4.69, 9.17) is 0 Å². The van der Waals surface area contributed by atoms with Crippen molar-refractivity contribution in [3.05, 3.63) is 53.2 Å². The van der Waals surface area contributed by atoms with Gasteiger partial charge in [0.05, 0.1) is 10.5 Å². The highest BCUT2D eigenvalue weighted by molar-refractivity contribution is 7.89. The molecule has 1 saturated heterocycles. The van der Waals surface area contributed by atoms with E-state index in [1.807, 2.05) is 18.7 Å². The van der Waals surface area contributed by atoms with Crippen LogP contribution in [-0.4, -0.2) is 56.9 Å². The minimum Gasteiger partial charge on any atom is -0.355 e. The molecule has 7 nitrogen and oxygen atoms in total. The third-order valence-electron chi connectivity index (χ3n) is 5.67. The van der Waals surface area contributed by atoms with E-state index in [2.05, 4.69) is 9.71 Å². The van der Waals surface area contributed by atoms with E-state index >= 15 is 0 Å². The van der Waals surface area contributed by atoms with Gasteiger partial charge in [0.25, 0.3) is 0 Å². The molecule has 180 valence electrons. The van der Waals surface area contributed by atoms with Gasteiger partial charge in [-0.2, -0.15) is 13.2 Å². The highest BCUT2D eigenvalue weighted by Crippen LogP contribution is 2.29. The Labute approximate surface area is 191 Å². The molecule has 0 saturated carbocycles. The number of halogens is 3. The normalized spacial score (nSPS) is 15.4. The van der Waals surface area contributed by atoms with E-state index in [9.17, 15) is 26.4 Å². The molecule has 2 aromatic rings. The second-order valence-electron chi connectivity index (χ2n) is 8.02. The van der Waals surface area contributed by atoms with Gasteiger partial charge in [0.2, 0.25) is 15.9 Å². The summed E-state index contributed by atoms with van der Waals surface area (Å²) >= 11 is 0. The molecule has 0 spiro atoms. The number of pyridine rings is 1. The number of nitrogens with one attached hydrogen (secondary N) is 1. The molecule has 2 heterocycles. The summed E-state index contributed by atoms with van der Waals surface area (Å²) in [6.07, 6.45) is -2.98. The van der Waals surface area contributed by atoms with Crippen LogP contribution in [0.2, 0.25) is 0 Å². The van der Waals surface area contributed by atoms with Crippen LogP contribution in [0.25, 0.3) is 0 Å². The third kappa shape index (κ3) is 6.44. The van der Waals surface area contributed by atoms with Gasteiger partial charge in [0, 0.05) is 45.3 Å². The van der Waals surface area contributed by atoms with Crippen LogP contribution in [0.3, 0.4) is 0 Å². The molecule has 11 heteroatoms. The molecule has 1 fully saturated rings. The molecule has 1 N–H and O–H groups in total. The fourth-order valence-electron chi connectivity index (χ4n) is 3.55. The maximum absolute atomic E-state index is 12.7. The number of aryl methyl sites for hydroxylation is 2. The van der Waals surface area contributed by atoms with Crippen molar-refractivity contribution in [2.45, 2.75) is 37.8 Å². The molecule has 3 rings (SSSR count). The summed E-state index contributed by atoms with van der Waals surface area (Å²) in [4.78, 5) is 20.2. The third-order valence-corrected chi connectivity index (χ3v) is 7.13. The predicted molar refractivity (Wildman–Crippen MR) is 118 cm³/mol. The first kappa shape index (κ1) is 25.0. The summed E-state index contributed by atoms with van der Waals surface area (Å²) in [5.41, 5.74) is 1.05. The number of sulfonamides is 1. The van der Waals surface area contributed by atoms with Gasteiger partial charge in [0.1, 0.15) is 5.82 Å². The lowest BCUT2D eigenvalue weighted by Gasteiger charge is -2.23. The molecule has 1 aliphatic rings. The van der Waals surface area contributed by atoms with Crippen molar-refractivity contribution >= 4 is 21.7 Å². The standard InChI is InChI=1S/C22H27F3N4O3S/c1-16-4-6-19(14-17(16)2)33(31,32)27-9-8-21(30)29-11-3-10-28(12-13-29)20-7-5-18(15-26-20)22(23,24)25/h4-7,14-15,27H,3,8-13H2,1-2H3. The number of aromatic nitrogens is 1. The Kier molecular flexibility index (Phi) is 7.63. The first-order chi connectivity index (χ1) is 15.5. The zero-order valence-electron chi connectivity index (χ0n) is 18.5. The van der Waals surface area contributed by atoms with Crippen molar-refractivity contribution in [2.24, 2.45) is 0 Å². The Morgan fingerprint density at radius 3 is 2.45 bits per heavy atom. The predicted octanol–water partition coefficient (Wildman–Crippen LogP) is 3.12. The van der Waals surface area contributed by atoms with Gasteiger partial charge >= 0.3 is 6.18 Å². The first-order valence-electron chi connectivity index (χ1n) is 10.6. The van der Waals surface area contributed by atoms with Crippen LogP contribution in [-0.2, 0) is 21.0 Å². The van der Waals surface area contributed by atoms with Gasteiger partial charge in [-0.25, -0.2) is 18.1 Å². The van der Waals surface area contributed by atoms with Gasteiger partial charge in [-0.3, -0.25) is 4.79 Å². The summed E-state index contributed by atoms with van der Waals surface area (Å²) in [7, 11) is -3.71. The summed E-state index contributed by atoms with van der Waals surface area (Å²) in [5, 5.41) is 0. The van der Waals surface area contributed by atoms with Crippen molar-refractivity contribution < 1.29 is 26.4 Å². The number of carbonyl (C=O) groups is 1. The van der Waals surface area contributed by atoms with Crippen LogP contribution in [0.15, 0.2) is 41.4 Å². The molecule has 1 aromatic carbocycles. The number of alkyl halides is 3. The van der Waals surface area contributed by atoms with Gasteiger partial charge in [-0.05, 0) is 55.7 Å². The average molecular weight is 485 g/mol. The summed E-state index contributed by atoms with van der Waals surface area (Å²) < 4.78 is 65.6. The number of hydrogen-bond donors (Lipinski definition) is 1. The van der Waals surface area contributed by atoms with E-state index < -0.39 is 21.8 Å². The zero-order valence-corrected chi connectivity index (χ0v) is 19.3. The average Bonchev–Trinajstić information content (AvgIpc) is 3.01. The van der Waals surface area contributed by atoms with Gasteiger partial charge in [0.15, 0.2) is 0 Å². The summed E-state index contributed by atoms with van der Waals surface area (Å²) in [5.74, 6) is 0.249. The first-order valence-corrected chi connectivity index (χ1v) is 12.1. The Bertz CT molecular complexity index is 1090. The minimum atomic E-state index is -4.44. The molecule has 1 aromatic heterocycles. The van der Waals surface area contributed by atoms with Crippen LogP contribution < -0.4 is 9.62 Å². The number of amides is 1. The Hall–Kier alpha value is -2.66. The van der Waals surface area contributed by atoms with E-state index in [0.717, 1.165) is 23.4 Å². The number of benzene rings is 1. The Morgan fingerprint density at radius 2 is 1.82 bits per heavy atom. The Morgan fingerprint density at radius 1 is 1.06 bits per heavy atom. The van der Waals surface area contributed by atoms with E-state index in [1.54, 1.807) is 17.0 Å². The second kappa shape index (κ2) is 10.1. The highest BCUT2D eigenvalue weighted by Gasteiger charge is 2.31. The Balaban J connectivity index is 1.52. The fraction of sp³-hybridized carbons (Fsp3) is 0.455. The molecule has 0 atom stereocenters. The van der Waals surface area contributed by atoms with Gasteiger partial charge in [-0.1, -0.05) is 6.07 Å². The van der Waals surface area contributed by atoms with Gasteiger partial charge in [-0.15, -0.1) is 0 Å². The summed E-state index contributed by atoms with van der Waals surface area (Å²) in [6, 6.07) is 7.20. The van der Waals surface area contributed by atoms with Gasteiger partial charge < -0.3 is 9.80 Å². The molecule has 0 unspecified atom stereocenters. The number of rotatable bonds is 6. The largest absolute Gasteiger partial charge is 0.417 e. The van der Waals surface area contributed by atoms with E-state index in [0.29, 0.717) is 38.4 Å². The number of anilines is 1. The number of carbonyl (C=O) groups excluding carboxylic acids is 1. The van der Waals surface area contributed by atoms with Crippen molar-refractivity contribution in [3.63, 3.8) is 0 Å². The van der Waals surface area contributed by atoms with Crippen LogP contribution in [0.1, 0.15) is 29.5 Å². The molecule has 0 radical (unpaired) electrons. The van der Waals surface area contributed by atoms with Crippen molar-refractivity contribution in [1.29, 1.82) is 0 Å². The van der Waals surface area contributed by atoms with Crippen molar-refractivity contribution in [1.82, 2.24) is 14.6 Å². The lowest BCUT2D eigenvalue weighted by atomic mass is 10.1. The molecular formula is C22H27F3N4O3S. The molecular weight excluding hydrogens is 457 g/mol. The zero-order chi connectivity index (χ0) is 24.2. The molecule has 1 amide bonds. The molecule has 33 heavy (non-hydrogen) atoms. The van der Waals surface area contributed by atoms with Crippen LogP contribution >= 0.6 is 0 Å². The monoisotopic (exact) mass is 484 g/mol. The summed E-state index contributed by atoms with van der Waals surface area (Å²) in [6.45, 7) is 5.56. The van der Waals surface area contributed by atoms with Crippen LogP contribution in [0.5, 0.6) is 0 Å². The van der Waals surface area contributed by atoms with Crippen LogP contribution in [0, 0.1) is 13.8 Å². The highest BCUT2D eigenvalue weighted by atomic mass is 32.2. The molecule has 1 aliphatic heterocycles. The van der Waals surface area contributed by atoms with E-state index in [1.165, 1.54) is 12.1 Å². The molecule has 0 bridgehead atoms. The lowest BCUT2D eigenvalue weighted by molar-refractivity contribution is -0.137. The van der Waals surface area contributed by atoms with Crippen LogP contribution in [0.4, 0.5) is 19.0 Å². The second-order valence-corrected chi connectivity index (χ2v) is 9.79. The SMILES string of the molecule is Cc1ccc(S(=O)(=O)NCCC(=O)N2CCCN(c3ccc(C(F)(F)F)cn3)CC2)cc1C. The smallest absolute Gasteiger partial charge is 0.355 e. The van der Waals surface area contributed by atoms with E-state index in [-0.39, 0.29) is 23.8 Å². The number of hydrogen-bond acceptors (Lipinski definition) is 5. The lowest BCUT2D eigenvalue weighted by Crippen LogP contribution is -2.37. The quantitative estimate of drug-likeness (QED) is 0.681. The van der Waals surface area contributed by atoms with Crippen molar-refractivity contribution in [2.75, 3.05) is 37.6 Å². The van der Waals surface area contributed by atoms with Crippen molar-refractivity contribution in [3.8, 4) is 0 Å². The minimum absolute atomic E-state index is 0.0165.